The van der Waals surface area contributed by atoms with Crippen LogP contribution in [-0.4, -0.2) is 25.2 Å². The first-order valence-corrected chi connectivity index (χ1v) is 7.87. The first kappa shape index (κ1) is 17.8. The summed E-state index contributed by atoms with van der Waals surface area (Å²) in [6.07, 6.45) is 0.354. The third-order valence-corrected chi connectivity index (χ3v) is 3.84. The van der Waals surface area contributed by atoms with Crippen LogP contribution in [0.15, 0.2) is 54.6 Å². The van der Waals surface area contributed by atoms with Crippen LogP contribution in [0.5, 0.6) is 0 Å². The van der Waals surface area contributed by atoms with Crippen molar-refractivity contribution in [2.75, 3.05) is 7.11 Å². The summed E-state index contributed by atoms with van der Waals surface area (Å²) in [6, 6.07) is 15.4. The predicted molar refractivity (Wildman–Crippen MR) is 92.8 cm³/mol. The van der Waals surface area contributed by atoms with Gasteiger partial charge in [-0.25, -0.2) is 9.59 Å². The van der Waals surface area contributed by atoms with E-state index in [0.717, 1.165) is 11.1 Å². The normalized spacial score (nSPS) is 11.4. The highest BCUT2D eigenvalue weighted by Crippen LogP contribution is 2.14. The number of carbonyl (C=O) groups excluding carboxylic acids is 2. The van der Waals surface area contributed by atoms with Crippen LogP contribution in [0.1, 0.15) is 11.1 Å². The second-order valence-electron chi connectivity index (χ2n) is 5.18. The lowest BCUT2D eigenvalue weighted by molar-refractivity contribution is -0.142. The Kier molecular flexibility index (Phi) is 6.63. The fourth-order valence-corrected chi connectivity index (χ4v) is 2.41. The zero-order chi connectivity index (χ0) is 17.4. The van der Waals surface area contributed by atoms with Gasteiger partial charge in [-0.2, -0.15) is 0 Å². The molecule has 0 spiro atoms. The fourth-order valence-electron chi connectivity index (χ4n) is 2.21. The number of amides is 2. The summed E-state index contributed by atoms with van der Waals surface area (Å²) in [5.41, 5.74) is 1.73. The molecule has 0 saturated carbocycles. The smallest absolute Gasteiger partial charge is 0.328 e. The van der Waals surface area contributed by atoms with E-state index in [1.54, 1.807) is 6.07 Å². The highest BCUT2D eigenvalue weighted by molar-refractivity contribution is 6.31. The Morgan fingerprint density at radius 2 is 1.75 bits per heavy atom. The zero-order valence-corrected chi connectivity index (χ0v) is 14.0. The first-order valence-electron chi connectivity index (χ1n) is 7.49. The first-order chi connectivity index (χ1) is 11.6. The fraction of sp³-hybridized carbons (Fsp3) is 0.222. The molecule has 0 aromatic heterocycles. The zero-order valence-electron chi connectivity index (χ0n) is 13.3. The van der Waals surface area contributed by atoms with E-state index in [2.05, 4.69) is 10.6 Å². The number of benzene rings is 2. The number of hydrogen-bond donors (Lipinski definition) is 2. The number of nitrogens with one attached hydrogen (secondary N) is 2. The standard InChI is InChI=1S/C18H19ClN2O3/c1-24-17(22)16(11-13-7-3-2-4-8-13)21-18(23)20-12-14-9-5-6-10-15(14)19/h2-10,16H,11-12H2,1H3,(H2,20,21,23). The van der Waals surface area contributed by atoms with Gasteiger partial charge in [-0.05, 0) is 17.2 Å². The molecule has 126 valence electrons. The second kappa shape index (κ2) is 8.93. The van der Waals surface area contributed by atoms with Gasteiger partial charge in [0.15, 0.2) is 0 Å². The van der Waals surface area contributed by atoms with Gasteiger partial charge in [-0.15, -0.1) is 0 Å². The maximum Gasteiger partial charge on any atom is 0.328 e. The monoisotopic (exact) mass is 346 g/mol. The molecular formula is C18H19ClN2O3. The molecule has 0 aliphatic carbocycles. The van der Waals surface area contributed by atoms with Gasteiger partial charge in [0, 0.05) is 18.0 Å². The Bertz CT molecular complexity index is 692. The van der Waals surface area contributed by atoms with Gasteiger partial charge in [0.1, 0.15) is 6.04 Å². The SMILES string of the molecule is COC(=O)C(Cc1ccccc1)NC(=O)NCc1ccccc1Cl. The van der Waals surface area contributed by atoms with Crippen LogP contribution >= 0.6 is 11.6 Å². The molecule has 2 N–H and O–H groups in total. The second-order valence-corrected chi connectivity index (χ2v) is 5.59. The van der Waals surface area contributed by atoms with E-state index in [9.17, 15) is 9.59 Å². The molecule has 5 nitrogen and oxygen atoms in total. The molecule has 2 rings (SSSR count). The van der Waals surface area contributed by atoms with Crippen LogP contribution in [0.3, 0.4) is 0 Å². The summed E-state index contributed by atoms with van der Waals surface area (Å²) in [6.45, 7) is 0.269. The molecule has 2 aromatic rings. The van der Waals surface area contributed by atoms with Crippen molar-refractivity contribution in [1.29, 1.82) is 0 Å². The Morgan fingerprint density at radius 1 is 1.08 bits per heavy atom. The van der Waals surface area contributed by atoms with Gasteiger partial charge in [0.25, 0.3) is 0 Å². The number of esters is 1. The van der Waals surface area contributed by atoms with Gasteiger partial charge in [-0.1, -0.05) is 60.1 Å². The average molecular weight is 347 g/mol. The van der Waals surface area contributed by atoms with E-state index in [1.807, 2.05) is 48.5 Å². The van der Waals surface area contributed by atoms with Crippen LogP contribution in [-0.2, 0) is 22.5 Å². The highest BCUT2D eigenvalue weighted by atomic mass is 35.5. The van der Waals surface area contributed by atoms with Crippen molar-refractivity contribution in [3.05, 3.63) is 70.7 Å². The number of rotatable bonds is 6. The van der Waals surface area contributed by atoms with Crippen LogP contribution in [0, 0.1) is 0 Å². The molecule has 6 heteroatoms. The lowest BCUT2D eigenvalue weighted by Crippen LogP contribution is -2.47. The van der Waals surface area contributed by atoms with Gasteiger partial charge >= 0.3 is 12.0 Å². The molecule has 2 aromatic carbocycles. The Morgan fingerprint density at radius 3 is 2.42 bits per heavy atom. The number of halogens is 1. The van der Waals surface area contributed by atoms with E-state index in [1.165, 1.54) is 7.11 Å². The highest BCUT2D eigenvalue weighted by Gasteiger charge is 2.21. The van der Waals surface area contributed by atoms with Crippen molar-refractivity contribution in [2.45, 2.75) is 19.0 Å². The quantitative estimate of drug-likeness (QED) is 0.790. The molecular weight excluding hydrogens is 328 g/mol. The minimum Gasteiger partial charge on any atom is -0.467 e. The summed E-state index contributed by atoms with van der Waals surface area (Å²) < 4.78 is 4.76. The number of carbonyl (C=O) groups is 2. The van der Waals surface area contributed by atoms with Crippen LogP contribution < -0.4 is 10.6 Å². The van der Waals surface area contributed by atoms with Crippen molar-refractivity contribution in [1.82, 2.24) is 10.6 Å². The van der Waals surface area contributed by atoms with E-state index in [-0.39, 0.29) is 6.54 Å². The van der Waals surface area contributed by atoms with Crippen molar-refractivity contribution < 1.29 is 14.3 Å². The predicted octanol–water partition coefficient (Wildman–Crippen LogP) is 2.92. The molecule has 24 heavy (non-hydrogen) atoms. The topological polar surface area (TPSA) is 67.4 Å². The Hall–Kier alpha value is -2.53. The van der Waals surface area contributed by atoms with Crippen LogP contribution in [0.4, 0.5) is 4.79 Å². The van der Waals surface area contributed by atoms with E-state index in [4.69, 9.17) is 16.3 Å². The Balaban J connectivity index is 1.94. The molecule has 1 unspecified atom stereocenters. The van der Waals surface area contributed by atoms with Gasteiger partial charge in [-0.3, -0.25) is 0 Å². The average Bonchev–Trinajstić information content (AvgIpc) is 2.60. The van der Waals surface area contributed by atoms with Gasteiger partial charge in [0.05, 0.1) is 7.11 Å². The molecule has 0 radical (unpaired) electrons. The molecule has 0 fully saturated rings. The third-order valence-electron chi connectivity index (χ3n) is 3.47. The van der Waals surface area contributed by atoms with Crippen molar-refractivity contribution in [3.63, 3.8) is 0 Å². The molecule has 1 atom stereocenters. The van der Waals surface area contributed by atoms with E-state index in [0.29, 0.717) is 11.4 Å². The van der Waals surface area contributed by atoms with Crippen molar-refractivity contribution in [2.24, 2.45) is 0 Å². The van der Waals surface area contributed by atoms with Gasteiger partial charge in [0.2, 0.25) is 0 Å². The largest absolute Gasteiger partial charge is 0.467 e. The number of methoxy groups -OCH3 is 1. The maximum absolute atomic E-state index is 12.1. The molecule has 2 amide bonds. The number of hydrogen-bond acceptors (Lipinski definition) is 3. The molecule has 0 aliphatic rings. The van der Waals surface area contributed by atoms with Crippen LogP contribution in [0.25, 0.3) is 0 Å². The lowest BCUT2D eigenvalue weighted by atomic mass is 10.1. The summed E-state index contributed by atoms with van der Waals surface area (Å²) in [5.74, 6) is -0.494. The third kappa shape index (κ3) is 5.28. The molecule has 0 bridgehead atoms. The van der Waals surface area contributed by atoms with Crippen molar-refractivity contribution in [3.8, 4) is 0 Å². The summed E-state index contributed by atoms with van der Waals surface area (Å²) >= 11 is 6.05. The summed E-state index contributed by atoms with van der Waals surface area (Å²) in [4.78, 5) is 24.0. The minimum atomic E-state index is -0.761. The van der Waals surface area contributed by atoms with E-state index < -0.39 is 18.0 Å². The van der Waals surface area contributed by atoms with E-state index >= 15 is 0 Å². The summed E-state index contributed by atoms with van der Waals surface area (Å²) in [7, 11) is 1.30. The number of ether oxygens (including phenoxy) is 1. The minimum absolute atomic E-state index is 0.269. The molecule has 0 heterocycles. The van der Waals surface area contributed by atoms with Crippen molar-refractivity contribution >= 4 is 23.6 Å². The summed E-state index contributed by atoms with van der Waals surface area (Å²) in [5, 5.41) is 5.91. The maximum atomic E-state index is 12.1. The molecule has 0 saturated heterocycles. The van der Waals surface area contributed by atoms with Crippen LogP contribution in [0.2, 0.25) is 5.02 Å². The Labute approximate surface area is 146 Å². The van der Waals surface area contributed by atoms with Gasteiger partial charge < -0.3 is 15.4 Å². The lowest BCUT2D eigenvalue weighted by Gasteiger charge is -2.17. The number of urea groups is 1. The molecule has 0 aliphatic heterocycles.